The number of carbonyl (C=O) groups excluding carboxylic acids is 1. The molecule has 126 valence electrons. The zero-order valence-corrected chi connectivity index (χ0v) is 14.4. The van der Waals surface area contributed by atoms with Gasteiger partial charge in [0.05, 0.1) is 11.9 Å². The molecule has 0 radical (unpaired) electrons. The van der Waals surface area contributed by atoms with E-state index in [0.29, 0.717) is 23.8 Å². The zero-order valence-electron chi connectivity index (χ0n) is 14.4. The summed E-state index contributed by atoms with van der Waals surface area (Å²) in [5, 5.41) is 11.7. The van der Waals surface area contributed by atoms with Crippen molar-refractivity contribution in [3.05, 3.63) is 35.9 Å². The zero-order chi connectivity index (χ0) is 17.3. The predicted octanol–water partition coefficient (Wildman–Crippen LogP) is 2.31. The van der Waals surface area contributed by atoms with E-state index in [1.165, 1.54) is 0 Å². The van der Waals surface area contributed by atoms with Crippen LogP contribution in [0.15, 0.2) is 24.5 Å². The van der Waals surface area contributed by atoms with E-state index in [-0.39, 0.29) is 5.91 Å². The minimum absolute atomic E-state index is 0.180. The van der Waals surface area contributed by atoms with Gasteiger partial charge in [0.1, 0.15) is 0 Å². The summed E-state index contributed by atoms with van der Waals surface area (Å²) in [5.74, 6) is 0.211. The molecule has 3 aromatic rings. The third-order valence-electron chi connectivity index (χ3n) is 3.94. The lowest BCUT2D eigenvalue weighted by Gasteiger charge is -2.05. The molecule has 1 N–H and O–H groups in total. The first-order chi connectivity index (χ1) is 11.5. The van der Waals surface area contributed by atoms with Gasteiger partial charge in [-0.3, -0.25) is 9.48 Å². The second-order valence-corrected chi connectivity index (χ2v) is 6.19. The molecule has 0 aliphatic heterocycles. The Balaban J connectivity index is 2.01. The number of aryl methyl sites for hydroxylation is 1. The Kier molecular flexibility index (Phi) is 4.33. The lowest BCUT2D eigenvalue weighted by molar-refractivity contribution is 0.0943. The SMILES string of the molecule is CCn1ncc(-c2ccnc3cc(C(=O)NCC(C)C)nn23)c1C. The highest BCUT2D eigenvalue weighted by Crippen LogP contribution is 2.23. The van der Waals surface area contributed by atoms with E-state index < -0.39 is 0 Å². The van der Waals surface area contributed by atoms with Gasteiger partial charge in [0.25, 0.3) is 5.91 Å². The molecule has 7 heteroatoms. The number of nitrogens with zero attached hydrogens (tertiary/aromatic N) is 5. The summed E-state index contributed by atoms with van der Waals surface area (Å²) in [6.45, 7) is 9.61. The van der Waals surface area contributed by atoms with Gasteiger partial charge in [-0.25, -0.2) is 9.50 Å². The highest BCUT2D eigenvalue weighted by molar-refractivity contribution is 5.93. The van der Waals surface area contributed by atoms with Crippen molar-refractivity contribution in [3.8, 4) is 11.3 Å². The number of carbonyl (C=O) groups is 1. The summed E-state index contributed by atoms with van der Waals surface area (Å²) < 4.78 is 3.63. The van der Waals surface area contributed by atoms with E-state index in [4.69, 9.17) is 0 Å². The van der Waals surface area contributed by atoms with Crippen molar-refractivity contribution < 1.29 is 4.79 Å². The van der Waals surface area contributed by atoms with Crippen molar-refractivity contribution in [2.75, 3.05) is 6.54 Å². The van der Waals surface area contributed by atoms with Gasteiger partial charge in [0.15, 0.2) is 11.3 Å². The van der Waals surface area contributed by atoms with Crippen LogP contribution in [0.25, 0.3) is 16.9 Å². The van der Waals surface area contributed by atoms with Crippen molar-refractivity contribution in [2.45, 2.75) is 34.2 Å². The van der Waals surface area contributed by atoms with Gasteiger partial charge in [0.2, 0.25) is 0 Å². The quantitative estimate of drug-likeness (QED) is 0.780. The number of aromatic nitrogens is 5. The molecular formula is C17H22N6O. The molecule has 0 aliphatic rings. The molecule has 0 unspecified atom stereocenters. The smallest absolute Gasteiger partial charge is 0.271 e. The Hall–Kier alpha value is -2.70. The largest absolute Gasteiger partial charge is 0.350 e. The van der Waals surface area contributed by atoms with Crippen molar-refractivity contribution in [3.63, 3.8) is 0 Å². The fraction of sp³-hybridized carbons (Fsp3) is 0.412. The minimum Gasteiger partial charge on any atom is -0.350 e. The van der Waals surface area contributed by atoms with E-state index in [2.05, 4.69) is 41.3 Å². The van der Waals surface area contributed by atoms with Gasteiger partial charge in [0, 0.05) is 36.6 Å². The summed E-state index contributed by atoms with van der Waals surface area (Å²) >= 11 is 0. The average molecular weight is 326 g/mol. The van der Waals surface area contributed by atoms with Crippen LogP contribution in [0.1, 0.15) is 37.0 Å². The lowest BCUT2D eigenvalue weighted by atomic mass is 10.2. The summed E-state index contributed by atoms with van der Waals surface area (Å²) in [5.41, 5.74) is 3.94. The first-order valence-electron chi connectivity index (χ1n) is 8.17. The Bertz CT molecular complexity index is 876. The number of hydrogen-bond donors (Lipinski definition) is 1. The van der Waals surface area contributed by atoms with Gasteiger partial charge < -0.3 is 5.32 Å². The molecule has 0 aromatic carbocycles. The molecule has 7 nitrogen and oxygen atoms in total. The number of rotatable bonds is 5. The van der Waals surface area contributed by atoms with Crippen LogP contribution < -0.4 is 5.32 Å². The van der Waals surface area contributed by atoms with Gasteiger partial charge in [-0.15, -0.1) is 0 Å². The molecule has 0 aliphatic carbocycles. The molecule has 0 atom stereocenters. The molecule has 0 saturated heterocycles. The standard InChI is InChI=1S/C17H22N6O/c1-5-22-12(4)13(10-20-22)15-6-7-18-16-8-14(21-23(15)16)17(24)19-9-11(2)3/h6-8,10-11H,5,9H2,1-4H3,(H,19,24). The van der Waals surface area contributed by atoms with E-state index >= 15 is 0 Å². The van der Waals surface area contributed by atoms with Gasteiger partial charge >= 0.3 is 0 Å². The first kappa shape index (κ1) is 16.2. The topological polar surface area (TPSA) is 77.1 Å². The maximum absolute atomic E-state index is 12.3. The van der Waals surface area contributed by atoms with Gasteiger partial charge in [-0.1, -0.05) is 13.8 Å². The minimum atomic E-state index is -0.180. The Labute approximate surface area is 140 Å². The van der Waals surface area contributed by atoms with E-state index in [1.807, 2.05) is 23.9 Å². The van der Waals surface area contributed by atoms with E-state index in [9.17, 15) is 4.79 Å². The summed E-state index contributed by atoms with van der Waals surface area (Å²) in [7, 11) is 0. The highest BCUT2D eigenvalue weighted by atomic mass is 16.1. The van der Waals surface area contributed by atoms with Crippen LogP contribution in [0.2, 0.25) is 0 Å². The van der Waals surface area contributed by atoms with Gasteiger partial charge in [-0.2, -0.15) is 10.2 Å². The normalized spacial score (nSPS) is 11.4. The van der Waals surface area contributed by atoms with Crippen LogP contribution in [0.5, 0.6) is 0 Å². The molecule has 24 heavy (non-hydrogen) atoms. The van der Waals surface area contributed by atoms with E-state index in [0.717, 1.165) is 23.5 Å². The lowest BCUT2D eigenvalue weighted by Crippen LogP contribution is -2.27. The number of fused-ring (bicyclic) bond motifs is 1. The van der Waals surface area contributed by atoms with Crippen LogP contribution in [-0.4, -0.2) is 36.8 Å². The Morgan fingerprint density at radius 2 is 2.17 bits per heavy atom. The fourth-order valence-corrected chi connectivity index (χ4v) is 2.61. The van der Waals surface area contributed by atoms with Crippen molar-refractivity contribution in [1.82, 2.24) is 29.7 Å². The third-order valence-corrected chi connectivity index (χ3v) is 3.94. The third kappa shape index (κ3) is 2.89. The monoisotopic (exact) mass is 326 g/mol. The van der Waals surface area contributed by atoms with E-state index in [1.54, 1.807) is 16.8 Å². The molecule has 1 amide bonds. The summed E-state index contributed by atoms with van der Waals surface area (Å²) in [4.78, 5) is 16.6. The van der Waals surface area contributed by atoms with Crippen LogP contribution in [-0.2, 0) is 6.54 Å². The highest BCUT2D eigenvalue weighted by Gasteiger charge is 2.16. The molecule has 3 heterocycles. The first-order valence-corrected chi connectivity index (χ1v) is 8.17. The number of amides is 1. The van der Waals surface area contributed by atoms with Crippen LogP contribution in [0, 0.1) is 12.8 Å². The number of nitrogens with one attached hydrogen (secondary N) is 1. The van der Waals surface area contributed by atoms with Crippen LogP contribution in [0.3, 0.4) is 0 Å². The average Bonchev–Trinajstić information content (AvgIpc) is 3.15. The molecule has 0 bridgehead atoms. The van der Waals surface area contributed by atoms with Gasteiger partial charge in [-0.05, 0) is 25.8 Å². The number of hydrogen-bond acceptors (Lipinski definition) is 4. The summed E-state index contributed by atoms with van der Waals surface area (Å²) in [6.07, 6.45) is 3.55. The maximum atomic E-state index is 12.3. The van der Waals surface area contributed by atoms with Crippen LogP contribution >= 0.6 is 0 Å². The molecule has 3 aromatic heterocycles. The van der Waals surface area contributed by atoms with Crippen molar-refractivity contribution >= 4 is 11.6 Å². The molecular weight excluding hydrogens is 304 g/mol. The fourth-order valence-electron chi connectivity index (χ4n) is 2.61. The molecule has 0 fully saturated rings. The van der Waals surface area contributed by atoms with Crippen molar-refractivity contribution in [2.24, 2.45) is 5.92 Å². The van der Waals surface area contributed by atoms with Crippen molar-refractivity contribution in [1.29, 1.82) is 0 Å². The molecule has 0 saturated carbocycles. The predicted molar refractivity (Wildman–Crippen MR) is 91.8 cm³/mol. The van der Waals surface area contributed by atoms with Crippen LogP contribution in [0.4, 0.5) is 0 Å². The molecule has 0 spiro atoms. The Morgan fingerprint density at radius 3 is 2.83 bits per heavy atom. The summed E-state index contributed by atoms with van der Waals surface area (Å²) in [6, 6.07) is 3.60. The second kappa shape index (κ2) is 6.43. The maximum Gasteiger partial charge on any atom is 0.271 e. The Morgan fingerprint density at radius 1 is 1.38 bits per heavy atom. The molecule has 3 rings (SSSR count). The second-order valence-electron chi connectivity index (χ2n) is 6.19.